The molecule has 4 aliphatic heterocycles. The lowest BCUT2D eigenvalue weighted by atomic mass is 9.82. The highest BCUT2D eigenvalue weighted by Crippen LogP contribution is 2.33. The summed E-state index contributed by atoms with van der Waals surface area (Å²) in [6, 6.07) is 5.38. The highest BCUT2D eigenvalue weighted by Gasteiger charge is 2.43. The minimum Gasteiger partial charge on any atom is -0.370 e. The van der Waals surface area contributed by atoms with Crippen LogP contribution in [0.2, 0.25) is 0 Å². The van der Waals surface area contributed by atoms with Crippen LogP contribution in [0.5, 0.6) is 0 Å². The Morgan fingerprint density at radius 2 is 1.13 bits per heavy atom. The van der Waals surface area contributed by atoms with Crippen LogP contribution in [-0.4, -0.2) is 200 Å². The summed E-state index contributed by atoms with van der Waals surface area (Å²) in [5, 5.41) is 20.8. The van der Waals surface area contributed by atoms with Crippen LogP contribution < -0.4 is 65.9 Å². The van der Waals surface area contributed by atoms with E-state index in [0.29, 0.717) is 74.0 Å². The molecule has 8 rings (SSSR count). The number of ketones is 4. The molecule has 0 radical (unpaired) electrons. The fourth-order valence-corrected chi connectivity index (χ4v) is 17.1. The average Bonchev–Trinajstić information content (AvgIpc) is 1.73. The molecule has 4 aliphatic rings. The van der Waals surface area contributed by atoms with Gasteiger partial charge < -0.3 is 80.8 Å². The lowest BCUT2D eigenvalue weighted by Gasteiger charge is -2.30. The van der Waals surface area contributed by atoms with Gasteiger partial charge in [-0.2, -0.15) is 0 Å². The van der Waals surface area contributed by atoms with Gasteiger partial charge in [0.25, 0.3) is 0 Å². The molecule has 2 aromatic heterocycles. The van der Waals surface area contributed by atoms with Crippen LogP contribution in [0.15, 0.2) is 95.1 Å². The predicted octanol–water partition coefficient (Wildman–Crippen LogP) is 2.13. The molecule has 30 nitrogen and oxygen atoms in total. The first-order valence-corrected chi connectivity index (χ1v) is 40.6. The molecule has 0 spiro atoms. The zero-order chi connectivity index (χ0) is 76.8. The van der Waals surface area contributed by atoms with E-state index in [9.17, 15) is 19.2 Å². The van der Waals surface area contributed by atoms with Crippen molar-refractivity contribution in [3.05, 3.63) is 102 Å². The zero-order valence-electron chi connectivity index (χ0n) is 60.6. The van der Waals surface area contributed by atoms with E-state index in [0.717, 1.165) is 32.5 Å². The number of hydrogen-bond acceptors (Lipinski definition) is 21. The maximum atomic E-state index is 15.7. The minimum atomic E-state index is -1.50. The third-order valence-electron chi connectivity index (χ3n) is 19.6. The number of aliphatic imine (C=N–C) groups is 2. The van der Waals surface area contributed by atoms with Crippen LogP contribution in [0.3, 0.4) is 0 Å². The van der Waals surface area contributed by atoms with Gasteiger partial charge in [-0.05, 0) is 107 Å². The third kappa shape index (κ3) is 26.0. The van der Waals surface area contributed by atoms with Gasteiger partial charge in [0.1, 0.15) is 59.6 Å². The van der Waals surface area contributed by atoms with Gasteiger partial charge in [0.15, 0.2) is 11.7 Å². The average molecular weight is 1530 g/mol. The molecule has 19 N–H and O–H groups in total. The Balaban J connectivity index is 1.26. The van der Waals surface area contributed by atoms with Crippen molar-refractivity contribution in [2.45, 2.75) is 184 Å². The van der Waals surface area contributed by atoms with Crippen molar-refractivity contribution in [3.63, 3.8) is 0 Å². The molecule has 107 heavy (non-hydrogen) atoms. The van der Waals surface area contributed by atoms with Crippen LogP contribution in [-0.2, 0) is 76.8 Å². The van der Waals surface area contributed by atoms with E-state index in [1.807, 2.05) is 30.3 Å². The number of aromatic nitrogens is 3. The summed E-state index contributed by atoms with van der Waals surface area (Å²) < 4.78 is 0. The molecule has 33 heteroatoms. The second kappa shape index (κ2) is 43.3. The molecule has 2 aromatic carbocycles. The molecule has 0 aliphatic carbocycles. The number of carbonyl (C=O) groups excluding carboxylic acids is 12. The van der Waals surface area contributed by atoms with Gasteiger partial charge in [0.05, 0.1) is 18.2 Å². The van der Waals surface area contributed by atoms with Crippen molar-refractivity contribution >= 4 is 127 Å². The van der Waals surface area contributed by atoms with Crippen LogP contribution in [0.4, 0.5) is 0 Å². The number of thioether (sulfide) groups is 1. The van der Waals surface area contributed by atoms with Crippen LogP contribution in [0.1, 0.15) is 133 Å². The number of nitrogens with zero attached hydrogens (tertiary/aromatic N) is 4. The number of hydrogen-bond donors (Lipinski definition) is 14. The number of aromatic amines is 2. The normalized spacial score (nSPS) is 25.7. The first-order chi connectivity index (χ1) is 51.6. The quantitative estimate of drug-likeness (QED) is 0.0207. The summed E-state index contributed by atoms with van der Waals surface area (Å²) in [5.74, 6) is -13.0. The number of H-pyrrole nitrogens is 2. The summed E-state index contributed by atoms with van der Waals surface area (Å²) in [7, 11) is 2.17. The summed E-state index contributed by atoms with van der Waals surface area (Å²) in [5.41, 5.74) is 32.2. The predicted molar refractivity (Wildman–Crippen MR) is 413 cm³/mol. The van der Waals surface area contributed by atoms with E-state index in [1.54, 1.807) is 49.7 Å². The Kier molecular flexibility index (Phi) is 33.9. The number of rotatable bonds is 24. The molecule has 3 fully saturated rings. The standard InChI is InChI=1S/C74H104N18O12S3/c1-44-29-63(94)49-34-64(95)47(31-48-37-83-53-20-6-5-19-52(48)53)33-65(96)57(35-50-18-13-27-81-50)88-70(101)58(30-45-15-3-2-4-16-45)89-71(102)59(36-51-38-80-42-84-51)90-72(103)61-41-105-43-92(61)73(104)60(40-107-106-39-49)91-69(100)56(23-14-28-82-74(78)79)87-68(99)55(22-9-12-26-77)86-67(98)54(21-8-11-25-76)85-66(97)46(32-62(44)93)17-7-10-24-75/h2-6,15-16,18-20,27,37-38,42,44,46-47,49,54-61,83H,7-14,17,21-26,28-36,39-41,43,75-77H2,1H3,(H,80,84)(H,85,97)(H,86,98)(H,87,99)(H,88,101)(H,89,102)(H,90,103)(H,91,100)(H4,78,79,82)/t44-,46-,47-,49+,54+,55+,56+,57+,58-,59+,60+,61+/m1/s1. The zero-order valence-corrected chi connectivity index (χ0v) is 63.1. The van der Waals surface area contributed by atoms with Gasteiger partial charge in [-0.1, -0.05) is 89.5 Å². The largest absolute Gasteiger partial charge is 0.370 e. The maximum absolute atomic E-state index is 15.7. The third-order valence-corrected chi connectivity index (χ3v) is 23.1. The molecule has 4 aromatic rings. The molecule has 6 heterocycles. The molecule has 12 atom stereocenters. The van der Waals surface area contributed by atoms with Crippen molar-refractivity contribution in [3.8, 4) is 0 Å². The van der Waals surface area contributed by atoms with E-state index >= 15 is 38.4 Å². The van der Waals surface area contributed by atoms with E-state index < -0.39 is 155 Å². The summed E-state index contributed by atoms with van der Waals surface area (Å²) in [6.45, 7) is 2.39. The molecule has 0 unspecified atom stereocenters. The smallest absolute Gasteiger partial charge is 0.247 e. The van der Waals surface area contributed by atoms with Crippen LogP contribution >= 0.6 is 33.3 Å². The molecule has 8 amide bonds. The number of carbonyl (C=O) groups is 12. The number of imidazole rings is 1. The van der Waals surface area contributed by atoms with Crippen molar-refractivity contribution in [1.29, 1.82) is 0 Å². The molecular weight excluding hydrogens is 1430 g/mol. The number of para-hydroxylation sites is 1. The van der Waals surface area contributed by atoms with Crippen molar-refractivity contribution < 1.29 is 57.5 Å². The van der Waals surface area contributed by atoms with Crippen molar-refractivity contribution in [1.82, 2.24) is 57.1 Å². The fraction of sp³-hybridized carbons (Fsp3) is 0.554. The highest BCUT2D eigenvalue weighted by atomic mass is 33.1. The van der Waals surface area contributed by atoms with E-state index in [-0.39, 0.29) is 119 Å². The number of allylic oxidation sites excluding steroid dienone is 1. The van der Waals surface area contributed by atoms with Gasteiger partial charge in [-0.15, -0.1) is 11.8 Å². The Hall–Kier alpha value is -8.76. The number of nitrogens with one attached hydrogen (secondary N) is 9. The number of amides is 8. The Labute approximate surface area is 635 Å². The number of fused-ring (bicyclic) bond motifs is 7. The fourth-order valence-electron chi connectivity index (χ4n) is 13.4. The number of Topliss-reactive ketones (excluding diaryl/α,β-unsaturated/α-hetero) is 4. The number of benzene rings is 2. The number of unbranched alkanes of at least 4 members (excludes halogenated alkanes) is 3. The Bertz CT molecular complexity index is 3800. The van der Waals surface area contributed by atoms with E-state index in [4.69, 9.17) is 28.7 Å². The van der Waals surface area contributed by atoms with E-state index in [2.05, 4.69) is 62.2 Å². The number of nitrogens with two attached hydrogens (primary N) is 5. The SMILES string of the molecule is C[C@@H]1CC(=O)[C@@H]2CSSC[C@H](NC(=O)[C@H](CCCN=C(N)N)NC(=O)[C@H](CCCCN)NC(=O)[C@H](CCCCN)NC(=O)[C@H](CCCCN)CC1=O)C(=O)N1CSC[C@H]1C(=O)N[C@@H](Cc1cnc[nH]1)C(=O)N[C@H](Cc1ccccc1)C(=O)N[C@@H](CC1=CCC=N1)C(=O)C[C@@H](Cc1c[nH]c3ccccc13)C(=O)C2. The van der Waals surface area contributed by atoms with Crippen molar-refractivity contribution in [2.24, 2.45) is 62.3 Å². The summed E-state index contributed by atoms with van der Waals surface area (Å²) in [4.78, 5) is 202. The second-order valence-electron chi connectivity index (χ2n) is 27.8. The Morgan fingerprint density at radius 1 is 0.542 bits per heavy atom. The number of guanidine groups is 1. The molecule has 580 valence electrons. The first-order valence-electron chi connectivity index (χ1n) is 36.9. The molecule has 3 saturated heterocycles. The molecular formula is C74H104N18O12S3. The van der Waals surface area contributed by atoms with E-state index in [1.165, 1.54) is 29.2 Å². The monoisotopic (exact) mass is 1530 g/mol. The van der Waals surface area contributed by atoms with Gasteiger partial charge in [-0.3, -0.25) is 67.5 Å². The van der Waals surface area contributed by atoms with Gasteiger partial charge in [0.2, 0.25) is 47.3 Å². The summed E-state index contributed by atoms with van der Waals surface area (Å²) >= 11 is 1.23. The topological polar surface area (TPSA) is 492 Å². The van der Waals surface area contributed by atoms with Crippen molar-refractivity contribution in [2.75, 3.05) is 49.3 Å². The second-order valence-corrected chi connectivity index (χ2v) is 31.3. The first kappa shape index (κ1) is 83.9. The minimum absolute atomic E-state index is 0.00296. The highest BCUT2D eigenvalue weighted by molar-refractivity contribution is 8.76. The van der Waals surface area contributed by atoms with Gasteiger partial charge in [0, 0.05) is 140 Å². The molecule has 2 bridgehead atoms. The van der Waals surface area contributed by atoms with Crippen LogP contribution in [0.25, 0.3) is 10.9 Å². The van der Waals surface area contributed by atoms with Crippen LogP contribution in [0, 0.1) is 23.7 Å². The maximum Gasteiger partial charge on any atom is 0.247 e. The Morgan fingerprint density at radius 3 is 1.79 bits per heavy atom. The van der Waals surface area contributed by atoms with Gasteiger partial charge in [-0.25, -0.2) is 4.98 Å². The molecule has 0 saturated carbocycles. The summed E-state index contributed by atoms with van der Waals surface area (Å²) in [6.07, 6.45) is 9.45. The van der Waals surface area contributed by atoms with Gasteiger partial charge >= 0.3 is 0 Å². The lowest BCUT2D eigenvalue weighted by molar-refractivity contribution is -0.141. The lowest BCUT2D eigenvalue weighted by Crippen LogP contribution is -2.61.